The van der Waals surface area contributed by atoms with Crippen LogP contribution in [0.15, 0.2) is 42.5 Å². The minimum Gasteiger partial charge on any atom is -0.489 e. The number of Topliss-reactive ketones (excluding diaryl/α,β-unsaturated/α-hetero) is 2. The van der Waals surface area contributed by atoms with Crippen LogP contribution in [0.2, 0.25) is 0 Å². The van der Waals surface area contributed by atoms with Crippen LogP contribution in [0, 0.1) is 0 Å². The van der Waals surface area contributed by atoms with Crippen molar-refractivity contribution in [1.82, 2.24) is 9.80 Å². The monoisotopic (exact) mass is 576 g/mol. The van der Waals surface area contributed by atoms with Gasteiger partial charge in [0.25, 0.3) is 5.91 Å². The lowest BCUT2D eigenvalue weighted by atomic mass is 9.71. The zero-order chi connectivity index (χ0) is 31.3. The van der Waals surface area contributed by atoms with Crippen molar-refractivity contribution >= 4 is 17.5 Å². The van der Waals surface area contributed by atoms with Gasteiger partial charge in [-0.3, -0.25) is 14.5 Å². The summed E-state index contributed by atoms with van der Waals surface area (Å²) in [6.45, 7) is 22.2. The van der Waals surface area contributed by atoms with E-state index in [1.54, 1.807) is 11.0 Å². The number of carbonyl (C=O) groups excluding carboxylic acids is 3. The second kappa shape index (κ2) is 11.2. The Labute approximate surface area is 251 Å². The summed E-state index contributed by atoms with van der Waals surface area (Å²) in [4.78, 5) is 41.3. The highest BCUT2D eigenvalue weighted by Crippen LogP contribution is 2.49. The molecule has 0 saturated carbocycles. The Kier molecular flexibility index (Phi) is 8.53. The van der Waals surface area contributed by atoms with Crippen molar-refractivity contribution in [2.24, 2.45) is 0 Å². The summed E-state index contributed by atoms with van der Waals surface area (Å²) < 4.78 is 12.9. The summed E-state index contributed by atoms with van der Waals surface area (Å²) in [5, 5.41) is 0. The van der Waals surface area contributed by atoms with Crippen LogP contribution in [-0.2, 0) is 34.0 Å². The average Bonchev–Trinajstić information content (AvgIpc) is 3.21. The van der Waals surface area contributed by atoms with Crippen LogP contribution in [0.25, 0.3) is 0 Å². The first-order valence-electron chi connectivity index (χ1n) is 15.0. The second-order valence-electron chi connectivity index (χ2n) is 14.0. The molecule has 1 amide bonds. The van der Waals surface area contributed by atoms with Gasteiger partial charge in [0, 0.05) is 35.2 Å². The summed E-state index contributed by atoms with van der Waals surface area (Å²) in [5.41, 5.74) is 2.54. The number of ketones is 2. The molecular formula is C35H48N2O5. The van der Waals surface area contributed by atoms with E-state index in [1.165, 1.54) is 19.4 Å². The van der Waals surface area contributed by atoms with E-state index >= 15 is 0 Å². The van der Waals surface area contributed by atoms with Crippen molar-refractivity contribution in [1.29, 1.82) is 0 Å². The molecule has 2 aliphatic heterocycles. The van der Waals surface area contributed by atoms with Gasteiger partial charge in [0.2, 0.25) is 0 Å². The van der Waals surface area contributed by atoms with Crippen molar-refractivity contribution < 1.29 is 23.9 Å². The zero-order valence-corrected chi connectivity index (χ0v) is 27.1. The first-order valence-corrected chi connectivity index (χ1v) is 15.0. The number of nitrogens with zero attached hydrogens (tertiary/aromatic N) is 2. The largest absolute Gasteiger partial charge is 0.489 e. The van der Waals surface area contributed by atoms with Crippen molar-refractivity contribution in [3.63, 3.8) is 0 Å². The number of benzene rings is 2. The molecule has 1 fully saturated rings. The van der Waals surface area contributed by atoms with E-state index in [1.807, 2.05) is 12.1 Å². The molecule has 2 heterocycles. The highest BCUT2D eigenvalue weighted by Gasteiger charge is 2.60. The SMILES string of the molecule is CC(=O)CCC(C(C)=O)N1Cc2c(OCc3ccc(CN4C(C)(C)C(C)(C)OC(C)(C)C4(C)C)cc3)cccc2C1=O. The van der Waals surface area contributed by atoms with Gasteiger partial charge in [0.1, 0.15) is 18.1 Å². The van der Waals surface area contributed by atoms with Crippen LogP contribution in [0.3, 0.4) is 0 Å². The Hall–Kier alpha value is -3.03. The topological polar surface area (TPSA) is 76.2 Å². The van der Waals surface area contributed by atoms with Crippen LogP contribution >= 0.6 is 0 Å². The van der Waals surface area contributed by atoms with Crippen LogP contribution in [0.1, 0.15) is 109 Å². The van der Waals surface area contributed by atoms with Gasteiger partial charge in [-0.2, -0.15) is 0 Å². The van der Waals surface area contributed by atoms with E-state index in [9.17, 15) is 14.4 Å². The van der Waals surface area contributed by atoms with Crippen molar-refractivity contribution in [2.45, 2.75) is 130 Å². The number of rotatable bonds is 10. The van der Waals surface area contributed by atoms with E-state index in [4.69, 9.17) is 9.47 Å². The maximum atomic E-state index is 13.2. The van der Waals surface area contributed by atoms with Gasteiger partial charge in [-0.25, -0.2) is 0 Å². The minimum absolute atomic E-state index is 0.00509. The molecule has 0 aliphatic carbocycles. The number of morpholine rings is 1. The number of amides is 1. The molecule has 0 N–H and O–H groups in total. The second-order valence-corrected chi connectivity index (χ2v) is 14.0. The molecule has 0 aromatic heterocycles. The fraction of sp³-hybridized carbons (Fsp3) is 0.571. The lowest BCUT2D eigenvalue weighted by Crippen LogP contribution is -2.77. The maximum absolute atomic E-state index is 13.2. The molecule has 7 nitrogen and oxygen atoms in total. The summed E-state index contributed by atoms with van der Waals surface area (Å²) in [6.07, 6.45) is 0.598. The molecule has 4 rings (SSSR count). The van der Waals surface area contributed by atoms with Gasteiger partial charge in [-0.1, -0.05) is 30.3 Å². The Bertz CT molecular complexity index is 1330. The van der Waals surface area contributed by atoms with Gasteiger partial charge in [-0.15, -0.1) is 0 Å². The van der Waals surface area contributed by atoms with Gasteiger partial charge in [0.05, 0.1) is 23.8 Å². The Morgan fingerprint density at radius 1 is 0.881 bits per heavy atom. The Balaban J connectivity index is 1.47. The number of ether oxygens (including phenoxy) is 2. The predicted octanol–water partition coefficient (Wildman–Crippen LogP) is 6.49. The van der Waals surface area contributed by atoms with Gasteiger partial charge < -0.3 is 19.2 Å². The van der Waals surface area contributed by atoms with E-state index in [0.29, 0.717) is 30.9 Å². The van der Waals surface area contributed by atoms with Crippen molar-refractivity contribution in [3.05, 3.63) is 64.7 Å². The molecule has 42 heavy (non-hydrogen) atoms. The van der Waals surface area contributed by atoms with Crippen LogP contribution in [-0.4, -0.2) is 55.6 Å². The molecule has 228 valence electrons. The van der Waals surface area contributed by atoms with Crippen LogP contribution in [0.5, 0.6) is 5.75 Å². The van der Waals surface area contributed by atoms with E-state index in [-0.39, 0.29) is 46.2 Å². The number of hydrogen-bond acceptors (Lipinski definition) is 6. The van der Waals surface area contributed by atoms with E-state index in [2.05, 4.69) is 84.6 Å². The third-order valence-electron chi connectivity index (χ3n) is 10.1. The highest BCUT2D eigenvalue weighted by atomic mass is 16.5. The molecule has 1 atom stereocenters. The molecule has 1 unspecified atom stereocenters. The number of hydrogen-bond donors (Lipinski definition) is 0. The lowest BCUT2D eigenvalue weighted by Gasteiger charge is -2.66. The maximum Gasteiger partial charge on any atom is 0.255 e. The van der Waals surface area contributed by atoms with E-state index < -0.39 is 6.04 Å². The Morgan fingerprint density at radius 3 is 2.00 bits per heavy atom. The molecule has 2 aliphatic rings. The Morgan fingerprint density at radius 2 is 1.45 bits per heavy atom. The summed E-state index contributed by atoms with van der Waals surface area (Å²) in [7, 11) is 0. The van der Waals surface area contributed by atoms with Gasteiger partial charge in [-0.05, 0) is 98.9 Å². The molecule has 7 heteroatoms. The van der Waals surface area contributed by atoms with Gasteiger partial charge in [0.15, 0.2) is 5.78 Å². The standard InChI is InChI=1S/C35H48N2O5/c1-23(38)14-19-29(24(2)39)36-21-28-27(31(36)40)12-11-13-30(28)41-22-26-17-15-25(16-18-26)20-37-32(3,4)34(7,8)42-35(9,10)33(37,5)6/h11-13,15-18,29H,14,19-22H2,1-10H3. The molecule has 0 radical (unpaired) electrons. The first-order chi connectivity index (χ1) is 19.4. The molecule has 0 spiro atoms. The molecule has 2 aromatic carbocycles. The zero-order valence-electron chi connectivity index (χ0n) is 27.1. The fourth-order valence-corrected chi connectivity index (χ4v) is 6.35. The van der Waals surface area contributed by atoms with Crippen molar-refractivity contribution in [2.75, 3.05) is 0 Å². The normalized spacial score (nSPS) is 21.1. The number of fused-ring (bicyclic) bond motifs is 1. The summed E-state index contributed by atoms with van der Waals surface area (Å²) in [5.74, 6) is 0.341. The molecular weight excluding hydrogens is 528 g/mol. The fourth-order valence-electron chi connectivity index (χ4n) is 6.35. The van der Waals surface area contributed by atoms with Crippen LogP contribution in [0.4, 0.5) is 0 Å². The van der Waals surface area contributed by atoms with E-state index in [0.717, 1.165) is 17.7 Å². The third kappa shape index (κ3) is 5.78. The summed E-state index contributed by atoms with van der Waals surface area (Å²) >= 11 is 0. The first kappa shape index (κ1) is 31.9. The average molecular weight is 577 g/mol. The number of carbonyl (C=O) groups is 3. The highest BCUT2D eigenvalue weighted by molar-refractivity contribution is 6.01. The smallest absolute Gasteiger partial charge is 0.255 e. The quantitative estimate of drug-likeness (QED) is 0.322. The van der Waals surface area contributed by atoms with Crippen LogP contribution < -0.4 is 4.74 Å². The molecule has 1 saturated heterocycles. The minimum atomic E-state index is -0.619. The lowest BCUT2D eigenvalue weighted by molar-refractivity contribution is -0.294. The van der Waals surface area contributed by atoms with Crippen molar-refractivity contribution in [3.8, 4) is 5.75 Å². The molecule has 0 bridgehead atoms. The molecule has 2 aromatic rings. The third-order valence-corrected chi connectivity index (χ3v) is 10.1. The van der Waals surface area contributed by atoms with Gasteiger partial charge >= 0.3 is 0 Å². The predicted molar refractivity (Wildman–Crippen MR) is 164 cm³/mol. The summed E-state index contributed by atoms with van der Waals surface area (Å²) in [6, 6.07) is 13.4.